The van der Waals surface area contributed by atoms with Crippen molar-refractivity contribution >= 4 is 5.78 Å². The number of nitrogens with zero attached hydrogens (tertiary/aromatic N) is 2. The molecule has 0 spiro atoms. The van der Waals surface area contributed by atoms with E-state index in [1.54, 1.807) is 4.57 Å². The molecule has 4 nitrogen and oxygen atoms in total. The van der Waals surface area contributed by atoms with Crippen molar-refractivity contribution < 1.29 is 4.79 Å². The smallest absolute Gasteiger partial charge is 0.268 e. The highest BCUT2D eigenvalue weighted by atomic mass is 16.1. The van der Waals surface area contributed by atoms with Gasteiger partial charge >= 0.3 is 0 Å². The third-order valence-electron chi connectivity index (χ3n) is 3.37. The second-order valence-electron chi connectivity index (χ2n) is 4.62. The summed E-state index contributed by atoms with van der Waals surface area (Å²) in [6.07, 6.45) is 3.93. The van der Waals surface area contributed by atoms with Crippen LogP contribution in [0.25, 0.3) is 0 Å². The summed E-state index contributed by atoms with van der Waals surface area (Å²) in [5.41, 5.74) is 1.23. The molecule has 1 heterocycles. The van der Waals surface area contributed by atoms with Crippen LogP contribution in [0, 0.1) is 11.3 Å². The predicted octanol–water partition coefficient (Wildman–Crippen LogP) is 2.04. The second kappa shape index (κ2) is 5.18. The van der Waals surface area contributed by atoms with Gasteiger partial charge in [-0.05, 0) is 25.3 Å². The Labute approximate surface area is 106 Å². The predicted molar refractivity (Wildman–Crippen MR) is 67.6 cm³/mol. The number of hydrogen-bond donors (Lipinski definition) is 0. The number of hydrogen-bond acceptors (Lipinski definition) is 3. The molecule has 94 valence electrons. The highest BCUT2D eigenvalue weighted by molar-refractivity contribution is 5.98. The number of unbranched alkanes of at least 4 members (excludes halogenated alkanes) is 1. The van der Waals surface area contributed by atoms with Gasteiger partial charge in [-0.1, -0.05) is 13.3 Å². The van der Waals surface area contributed by atoms with Crippen molar-refractivity contribution in [3.63, 3.8) is 0 Å². The highest BCUT2D eigenvalue weighted by Gasteiger charge is 2.22. The maximum Gasteiger partial charge on any atom is 0.268 e. The quantitative estimate of drug-likeness (QED) is 0.817. The Morgan fingerprint density at radius 3 is 2.83 bits per heavy atom. The minimum absolute atomic E-state index is 0.0537. The van der Waals surface area contributed by atoms with Crippen molar-refractivity contribution in [3.8, 4) is 6.07 Å². The Hall–Kier alpha value is -1.89. The fourth-order valence-electron chi connectivity index (χ4n) is 2.40. The van der Waals surface area contributed by atoms with E-state index in [2.05, 4.69) is 6.92 Å². The van der Waals surface area contributed by atoms with Gasteiger partial charge in [0.25, 0.3) is 5.56 Å². The number of carbonyl (C=O) groups is 1. The molecule has 0 radical (unpaired) electrons. The average molecular weight is 244 g/mol. The minimum Gasteiger partial charge on any atom is -0.311 e. The van der Waals surface area contributed by atoms with Crippen LogP contribution in [-0.4, -0.2) is 10.4 Å². The Bertz CT molecular complexity index is 579. The largest absolute Gasteiger partial charge is 0.311 e. The molecule has 0 bridgehead atoms. The van der Waals surface area contributed by atoms with E-state index in [9.17, 15) is 9.59 Å². The van der Waals surface area contributed by atoms with Crippen LogP contribution >= 0.6 is 0 Å². The molecule has 0 atom stereocenters. The van der Waals surface area contributed by atoms with E-state index < -0.39 is 0 Å². The summed E-state index contributed by atoms with van der Waals surface area (Å²) in [4.78, 5) is 24.0. The molecule has 0 amide bonds. The van der Waals surface area contributed by atoms with Gasteiger partial charge in [-0.15, -0.1) is 0 Å². The fourth-order valence-corrected chi connectivity index (χ4v) is 2.40. The number of Topliss-reactive ketones (excluding diaryl/α,β-unsaturated/α-hetero) is 1. The van der Waals surface area contributed by atoms with Gasteiger partial charge in [0.15, 0.2) is 5.78 Å². The molecule has 0 aliphatic heterocycles. The lowest BCUT2D eigenvalue weighted by Crippen LogP contribution is -2.30. The maximum atomic E-state index is 12.1. The van der Waals surface area contributed by atoms with E-state index in [4.69, 9.17) is 5.26 Å². The Kier molecular flexibility index (Phi) is 3.61. The van der Waals surface area contributed by atoms with Crippen LogP contribution in [0.3, 0.4) is 0 Å². The zero-order valence-corrected chi connectivity index (χ0v) is 10.5. The monoisotopic (exact) mass is 244 g/mol. The van der Waals surface area contributed by atoms with Crippen molar-refractivity contribution in [2.45, 2.75) is 45.6 Å². The molecular formula is C14H16N2O2. The van der Waals surface area contributed by atoms with Crippen LogP contribution in [0.5, 0.6) is 0 Å². The van der Waals surface area contributed by atoms with Crippen molar-refractivity contribution in [2.75, 3.05) is 0 Å². The van der Waals surface area contributed by atoms with Crippen LogP contribution < -0.4 is 5.56 Å². The molecule has 0 fully saturated rings. The summed E-state index contributed by atoms with van der Waals surface area (Å²) in [5.74, 6) is 0.0537. The van der Waals surface area contributed by atoms with Crippen LogP contribution in [0.2, 0.25) is 0 Å². The van der Waals surface area contributed by atoms with Gasteiger partial charge in [-0.3, -0.25) is 9.59 Å². The number of nitriles is 1. The van der Waals surface area contributed by atoms with Gasteiger partial charge in [0, 0.05) is 24.2 Å². The van der Waals surface area contributed by atoms with E-state index in [-0.39, 0.29) is 16.9 Å². The summed E-state index contributed by atoms with van der Waals surface area (Å²) >= 11 is 0. The first-order valence-electron chi connectivity index (χ1n) is 6.39. The number of ketones is 1. The lowest BCUT2D eigenvalue weighted by atomic mass is 9.93. The molecule has 1 aliphatic carbocycles. The maximum absolute atomic E-state index is 12.1. The lowest BCUT2D eigenvalue weighted by Gasteiger charge is -2.20. The van der Waals surface area contributed by atoms with Gasteiger partial charge < -0.3 is 4.57 Å². The molecule has 1 aromatic rings. The van der Waals surface area contributed by atoms with Gasteiger partial charge in [0.1, 0.15) is 11.6 Å². The molecule has 1 aliphatic rings. The van der Waals surface area contributed by atoms with E-state index in [1.165, 1.54) is 6.07 Å². The van der Waals surface area contributed by atoms with Crippen molar-refractivity contribution in [3.05, 3.63) is 33.2 Å². The van der Waals surface area contributed by atoms with Crippen molar-refractivity contribution in [1.82, 2.24) is 4.57 Å². The highest BCUT2D eigenvalue weighted by Crippen LogP contribution is 2.21. The molecule has 0 aromatic carbocycles. The standard InChI is InChI=1S/C14H16N2O2/c1-2-3-7-16-12-5-4-6-13(17)11(12)8-10(9-15)14(16)18/h8H,2-7H2,1H3. The SMILES string of the molecule is CCCCn1c2c(cc(C#N)c1=O)C(=O)CCC2. The Balaban J connectivity index is 2.62. The van der Waals surface area contributed by atoms with Gasteiger partial charge in [0.2, 0.25) is 0 Å². The molecule has 0 unspecified atom stereocenters. The number of fused-ring (bicyclic) bond motifs is 1. The number of aromatic nitrogens is 1. The van der Waals surface area contributed by atoms with Crippen LogP contribution in [-0.2, 0) is 13.0 Å². The van der Waals surface area contributed by atoms with E-state index >= 15 is 0 Å². The number of carbonyl (C=O) groups excluding carboxylic acids is 1. The summed E-state index contributed by atoms with van der Waals surface area (Å²) in [7, 11) is 0. The summed E-state index contributed by atoms with van der Waals surface area (Å²) < 4.78 is 1.63. The van der Waals surface area contributed by atoms with Crippen LogP contribution in [0.1, 0.15) is 54.2 Å². The van der Waals surface area contributed by atoms with Gasteiger partial charge in [0.05, 0.1) is 0 Å². The van der Waals surface area contributed by atoms with Crippen LogP contribution in [0.4, 0.5) is 0 Å². The first-order chi connectivity index (χ1) is 8.69. The van der Waals surface area contributed by atoms with Gasteiger partial charge in [-0.2, -0.15) is 5.26 Å². The van der Waals surface area contributed by atoms with Crippen LogP contribution in [0.15, 0.2) is 10.9 Å². The zero-order valence-electron chi connectivity index (χ0n) is 10.5. The van der Waals surface area contributed by atoms with Gasteiger partial charge in [-0.25, -0.2) is 0 Å². The Morgan fingerprint density at radius 2 is 2.17 bits per heavy atom. The molecule has 4 heteroatoms. The molecule has 2 rings (SSSR count). The molecular weight excluding hydrogens is 228 g/mol. The Morgan fingerprint density at radius 1 is 1.39 bits per heavy atom. The van der Waals surface area contributed by atoms with E-state index in [1.807, 2.05) is 6.07 Å². The average Bonchev–Trinajstić information content (AvgIpc) is 2.38. The summed E-state index contributed by atoms with van der Waals surface area (Å²) in [6.45, 7) is 2.65. The number of rotatable bonds is 3. The van der Waals surface area contributed by atoms with Crippen molar-refractivity contribution in [2.24, 2.45) is 0 Å². The lowest BCUT2D eigenvalue weighted by molar-refractivity contribution is 0.0970. The zero-order chi connectivity index (χ0) is 13.1. The molecule has 0 saturated carbocycles. The normalized spacial score (nSPS) is 14.1. The topological polar surface area (TPSA) is 62.9 Å². The fraction of sp³-hybridized carbons (Fsp3) is 0.500. The number of pyridine rings is 1. The van der Waals surface area contributed by atoms with E-state index in [0.717, 1.165) is 31.4 Å². The van der Waals surface area contributed by atoms with E-state index in [0.29, 0.717) is 18.5 Å². The summed E-state index contributed by atoms with van der Waals surface area (Å²) in [6, 6.07) is 3.37. The third-order valence-corrected chi connectivity index (χ3v) is 3.37. The first kappa shape index (κ1) is 12.6. The minimum atomic E-state index is -0.251. The molecule has 18 heavy (non-hydrogen) atoms. The second-order valence-corrected chi connectivity index (χ2v) is 4.62. The molecule has 0 saturated heterocycles. The molecule has 1 aromatic heterocycles. The molecule has 0 N–H and O–H groups in total. The third kappa shape index (κ3) is 2.08. The van der Waals surface area contributed by atoms with Crippen molar-refractivity contribution in [1.29, 1.82) is 5.26 Å². The first-order valence-corrected chi connectivity index (χ1v) is 6.39. The summed E-state index contributed by atoms with van der Waals surface area (Å²) in [5, 5.41) is 8.98.